The highest BCUT2D eigenvalue weighted by atomic mass is 79.9. The average molecular weight is 272 g/mol. The van der Waals surface area contributed by atoms with E-state index in [9.17, 15) is 0 Å². The minimum absolute atomic E-state index is 0.319. The molecule has 1 rings (SSSR count). The van der Waals surface area contributed by atoms with Gasteiger partial charge in [0.15, 0.2) is 0 Å². The Kier molecular flexibility index (Phi) is 5.12. The van der Waals surface area contributed by atoms with E-state index < -0.39 is 0 Å². The minimum Gasteiger partial charge on any atom is -0.399 e. The molecule has 1 aromatic carbocycles. The largest absolute Gasteiger partial charge is 0.399 e. The fourth-order valence-electron chi connectivity index (χ4n) is 1.40. The molecule has 1 atom stereocenters. The predicted molar refractivity (Wildman–Crippen MR) is 67.7 cm³/mol. The van der Waals surface area contributed by atoms with Gasteiger partial charge >= 0.3 is 0 Å². The third-order valence-electron chi connectivity index (χ3n) is 2.30. The Bertz CT molecular complexity index is 314. The first-order valence-electron chi connectivity index (χ1n) is 5.29. The van der Waals surface area contributed by atoms with E-state index in [0.717, 1.165) is 28.6 Å². The molecule has 0 saturated carbocycles. The lowest BCUT2D eigenvalue weighted by Crippen LogP contribution is -2.07. The van der Waals surface area contributed by atoms with E-state index >= 15 is 0 Å². The van der Waals surface area contributed by atoms with E-state index in [-0.39, 0.29) is 0 Å². The van der Waals surface area contributed by atoms with E-state index in [1.54, 1.807) is 0 Å². The molecule has 0 aliphatic heterocycles. The van der Waals surface area contributed by atoms with Gasteiger partial charge in [-0.15, -0.1) is 0 Å². The molecule has 0 fully saturated rings. The Morgan fingerprint density at radius 1 is 1.47 bits per heavy atom. The summed E-state index contributed by atoms with van der Waals surface area (Å²) in [5, 5.41) is 0. The first-order chi connectivity index (χ1) is 7.13. The van der Waals surface area contributed by atoms with Gasteiger partial charge in [-0.2, -0.15) is 0 Å². The molecule has 0 aromatic heterocycles. The molecule has 0 heterocycles. The molecule has 0 amide bonds. The standard InChI is InChI=1S/C12H18BrNO/c1-3-4-9(2)15-8-10-5-6-11(14)7-12(10)13/h5-7,9H,3-4,8,14H2,1-2H3. The number of halogens is 1. The number of rotatable bonds is 5. The molecule has 1 unspecified atom stereocenters. The molecule has 0 aliphatic carbocycles. The van der Waals surface area contributed by atoms with Gasteiger partial charge in [-0.3, -0.25) is 0 Å². The molecule has 0 radical (unpaired) electrons. The van der Waals surface area contributed by atoms with Gasteiger partial charge in [0.05, 0.1) is 12.7 Å². The number of nitrogen functional groups attached to an aromatic ring is 1. The lowest BCUT2D eigenvalue weighted by molar-refractivity contribution is 0.0469. The fraction of sp³-hybridized carbons (Fsp3) is 0.500. The first kappa shape index (κ1) is 12.5. The second kappa shape index (κ2) is 6.13. The van der Waals surface area contributed by atoms with Crippen LogP contribution in [0.4, 0.5) is 5.69 Å². The van der Waals surface area contributed by atoms with Crippen LogP contribution in [-0.2, 0) is 11.3 Å². The molecule has 0 bridgehead atoms. The second-order valence-corrected chi connectivity index (χ2v) is 4.62. The van der Waals surface area contributed by atoms with Crippen LogP contribution in [0.15, 0.2) is 22.7 Å². The van der Waals surface area contributed by atoms with E-state index in [0.29, 0.717) is 12.7 Å². The van der Waals surface area contributed by atoms with Crippen LogP contribution < -0.4 is 5.73 Å². The van der Waals surface area contributed by atoms with Gasteiger partial charge in [0, 0.05) is 10.2 Å². The van der Waals surface area contributed by atoms with Crippen molar-refractivity contribution in [2.75, 3.05) is 5.73 Å². The van der Waals surface area contributed by atoms with Crippen molar-refractivity contribution in [2.24, 2.45) is 0 Å². The highest BCUT2D eigenvalue weighted by Crippen LogP contribution is 2.21. The zero-order chi connectivity index (χ0) is 11.3. The summed E-state index contributed by atoms with van der Waals surface area (Å²) in [6.07, 6.45) is 2.58. The monoisotopic (exact) mass is 271 g/mol. The maximum atomic E-state index is 5.72. The van der Waals surface area contributed by atoms with Crippen molar-refractivity contribution in [1.29, 1.82) is 0 Å². The Morgan fingerprint density at radius 2 is 2.20 bits per heavy atom. The summed E-state index contributed by atoms with van der Waals surface area (Å²) in [4.78, 5) is 0. The zero-order valence-corrected chi connectivity index (χ0v) is 10.9. The van der Waals surface area contributed by atoms with Gasteiger partial charge < -0.3 is 10.5 Å². The zero-order valence-electron chi connectivity index (χ0n) is 9.29. The van der Waals surface area contributed by atoms with E-state index in [1.807, 2.05) is 18.2 Å². The van der Waals surface area contributed by atoms with Gasteiger partial charge in [0.1, 0.15) is 0 Å². The third-order valence-corrected chi connectivity index (χ3v) is 3.03. The first-order valence-corrected chi connectivity index (χ1v) is 6.08. The van der Waals surface area contributed by atoms with Crippen LogP contribution in [0, 0.1) is 0 Å². The van der Waals surface area contributed by atoms with Crippen LogP contribution in [0.3, 0.4) is 0 Å². The molecule has 3 heteroatoms. The summed E-state index contributed by atoms with van der Waals surface area (Å²) in [5.41, 5.74) is 7.58. The highest BCUT2D eigenvalue weighted by Gasteiger charge is 2.04. The van der Waals surface area contributed by atoms with Crippen molar-refractivity contribution >= 4 is 21.6 Å². The van der Waals surface area contributed by atoms with Crippen LogP contribution in [0.2, 0.25) is 0 Å². The normalized spacial score (nSPS) is 12.7. The lowest BCUT2D eigenvalue weighted by Gasteiger charge is -2.13. The molecule has 1 aromatic rings. The van der Waals surface area contributed by atoms with Gasteiger partial charge in [-0.25, -0.2) is 0 Å². The van der Waals surface area contributed by atoms with Crippen LogP contribution in [-0.4, -0.2) is 6.10 Å². The van der Waals surface area contributed by atoms with Crippen molar-refractivity contribution in [1.82, 2.24) is 0 Å². The number of benzene rings is 1. The molecule has 0 aliphatic rings. The van der Waals surface area contributed by atoms with Crippen LogP contribution in [0.5, 0.6) is 0 Å². The SMILES string of the molecule is CCCC(C)OCc1ccc(N)cc1Br. The van der Waals surface area contributed by atoms with Crippen LogP contribution in [0.1, 0.15) is 32.3 Å². The number of anilines is 1. The highest BCUT2D eigenvalue weighted by molar-refractivity contribution is 9.10. The Hall–Kier alpha value is -0.540. The topological polar surface area (TPSA) is 35.2 Å². The third kappa shape index (κ3) is 4.22. The quantitative estimate of drug-likeness (QED) is 0.829. The van der Waals surface area contributed by atoms with Crippen molar-refractivity contribution in [2.45, 2.75) is 39.4 Å². The Morgan fingerprint density at radius 3 is 2.80 bits per heavy atom. The van der Waals surface area contributed by atoms with Gasteiger partial charge in [-0.05, 0) is 31.0 Å². The molecule has 15 heavy (non-hydrogen) atoms. The summed E-state index contributed by atoms with van der Waals surface area (Å²) in [6.45, 7) is 4.91. The second-order valence-electron chi connectivity index (χ2n) is 3.76. The van der Waals surface area contributed by atoms with Crippen molar-refractivity contribution in [3.8, 4) is 0 Å². The van der Waals surface area contributed by atoms with E-state index in [1.165, 1.54) is 0 Å². The van der Waals surface area contributed by atoms with Crippen LogP contribution in [0.25, 0.3) is 0 Å². The van der Waals surface area contributed by atoms with E-state index in [2.05, 4.69) is 29.8 Å². The molecular weight excluding hydrogens is 254 g/mol. The maximum Gasteiger partial charge on any atom is 0.0731 e. The fourth-order valence-corrected chi connectivity index (χ4v) is 1.91. The van der Waals surface area contributed by atoms with Crippen LogP contribution >= 0.6 is 15.9 Å². The summed E-state index contributed by atoms with van der Waals surface area (Å²) in [6, 6.07) is 5.80. The predicted octanol–water partition coefficient (Wildman–Crippen LogP) is 3.74. The summed E-state index contributed by atoms with van der Waals surface area (Å²) in [5.74, 6) is 0. The average Bonchev–Trinajstić information content (AvgIpc) is 2.17. The molecule has 0 saturated heterocycles. The van der Waals surface area contributed by atoms with Gasteiger partial charge in [0.25, 0.3) is 0 Å². The smallest absolute Gasteiger partial charge is 0.0731 e. The van der Waals surface area contributed by atoms with Crippen molar-refractivity contribution in [3.63, 3.8) is 0 Å². The number of hydrogen-bond acceptors (Lipinski definition) is 2. The number of hydrogen-bond donors (Lipinski definition) is 1. The Balaban J connectivity index is 2.50. The minimum atomic E-state index is 0.319. The molecule has 2 nitrogen and oxygen atoms in total. The number of ether oxygens (including phenoxy) is 1. The van der Waals surface area contributed by atoms with E-state index in [4.69, 9.17) is 10.5 Å². The molecular formula is C12H18BrNO. The van der Waals surface area contributed by atoms with Gasteiger partial charge in [0.2, 0.25) is 0 Å². The summed E-state index contributed by atoms with van der Waals surface area (Å²) in [7, 11) is 0. The summed E-state index contributed by atoms with van der Waals surface area (Å²) >= 11 is 3.48. The molecule has 2 N–H and O–H groups in total. The van der Waals surface area contributed by atoms with Crippen molar-refractivity contribution < 1.29 is 4.74 Å². The van der Waals surface area contributed by atoms with Gasteiger partial charge in [-0.1, -0.05) is 35.3 Å². The van der Waals surface area contributed by atoms with Crippen molar-refractivity contribution in [3.05, 3.63) is 28.2 Å². The Labute approximate surface area is 99.9 Å². The number of nitrogens with two attached hydrogens (primary N) is 1. The lowest BCUT2D eigenvalue weighted by atomic mass is 10.2. The molecule has 0 spiro atoms. The summed E-state index contributed by atoms with van der Waals surface area (Å²) < 4.78 is 6.74. The molecule has 84 valence electrons. The maximum absolute atomic E-state index is 5.72.